The lowest BCUT2D eigenvalue weighted by molar-refractivity contribution is -0.114. The summed E-state index contributed by atoms with van der Waals surface area (Å²) in [6.07, 6.45) is 0. The van der Waals surface area contributed by atoms with Crippen molar-refractivity contribution in [3.63, 3.8) is 0 Å². The van der Waals surface area contributed by atoms with Gasteiger partial charge in [-0.25, -0.2) is 4.39 Å². The number of nitrogens with one attached hydrogen (secondary N) is 2. The second kappa shape index (κ2) is 9.24. The number of carbonyl (C=O) groups excluding carboxylic acids is 1. The Hall–Kier alpha value is -3.05. The first kappa shape index (κ1) is 19.7. The Morgan fingerprint density at radius 2 is 1.68 bits per heavy atom. The molecule has 6 heteroatoms. The molecule has 0 atom stereocenters. The number of benzene rings is 3. The van der Waals surface area contributed by atoms with E-state index in [1.807, 2.05) is 36.4 Å². The SMILES string of the molecule is CC(=O)Nc1ccc(NCc2cc(Cl)ccc2OCc2ccc(F)cc2)cc1. The molecule has 3 aromatic rings. The van der Waals surface area contributed by atoms with Crippen LogP contribution >= 0.6 is 11.6 Å². The Morgan fingerprint density at radius 1 is 1.00 bits per heavy atom. The summed E-state index contributed by atoms with van der Waals surface area (Å²) in [6.45, 7) is 2.32. The molecular weight excluding hydrogens is 379 g/mol. The minimum absolute atomic E-state index is 0.109. The first-order valence-corrected chi connectivity index (χ1v) is 9.14. The normalized spacial score (nSPS) is 10.4. The minimum Gasteiger partial charge on any atom is -0.489 e. The highest BCUT2D eigenvalue weighted by Crippen LogP contribution is 2.25. The third-order valence-electron chi connectivity index (χ3n) is 4.02. The van der Waals surface area contributed by atoms with Crippen molar-refractivity contribution in [2.45, 2.75) is 20.1 Å². The number of carbonyl (C=O) groups is 1. The van der Waals surface area contributed by atoms with Crippen LogP contribution in [0.1, 0.15) is 18.1 Å². The van der Waals surface area contributed by atoms with Crippen LogP contribution in [0.2, 0.25) is 5.02 Å². The second-order valence-corrected chi connectivity index (χ2v) is 6.72. The van der Waals surface area contributed by atoms with Crippen LogP contribution in [-0.4, -0.2) is 5.91 Å². The fraction of sp³-hybridized carbons (Fsp3) is 0.136. The molecule has 2 N–H and O–H groups in total. The maximum Gasteiger partial charge on any atom is 0.221 e. The third-order valence-corrected chi connectivity index (χ3v) is 4.25. The van der Waals surface area contributed by atoms with Gasteiger partial charge in [0.1, 0.15) is 18.2 Å². The maximum absolute atomic E-state index is 13.0. The molecule has 0 bridgehead atoms. The van der Waals surface area contributed by atoms with Crippen LogP contribution in [0, 0.1) is 5.82 Å². The third kappa shape index (κ3) is 5.72. The fourth-order valence-corrected chi connectivity index (χ4v) is 2.84. The van der Waals surface area contributed by atoms with E-state index < -0.39 is 0 Å². The van der Waals surface area contributed by atoms with Crippen LogP contribution in [-0.2, 0) is 17.9 Å². The molecule has 0 unspecified atom stereocenters. The van der Waals surface area contributed by atoms with Gasteiger partial charge in [-0.15, -0.1) is 0 Å². The van der Waals surface area contributed by atoms with Gasteiger partial charge in [-0.2, -0.15) is 0 Å². The molecule has 0 radical (unpaired) electrons. The molecule has 0 saturated heterocycles. The number of rotatable bonds is 7. The molecule has 0 fully saturated rings. The lowest BCUT2D eigenvalue weighted by Gasteiger charge is -2.14. The Bertz CT molecular complexity index is 944. The number of amides is 1. The summed E-state index contributed by atoms with van der Waals surface area (Å²) < 4.78 is 18.9. The lowest BCUT2D eigenvalue weighted by atomic mass is 10.2. The Balaban J connectivity index is 1.65. The highest BCUT2D eigenvalue weighted by molar-refractivity contribution is 6.30. The number of halogens is 2. The van der Waals surface area contributed by atoms with Crippen LogP contribution < -0.4 is 15.4 Å². The zero-order chi connectivity index (χ0) is 19.9. The standard InChI is InChI=1S/C22H20ClFN2O2/c1-15(27)26-21-9-7-20(8-10-21)25-13-17-12-18(23)4-11-22(17)28-14-16-2-5-19(24)6-3-16/h2-12,25H,13-14H2,1H3,(H,26,27). The van der Waals surface area contributed by atoms with Crippen molar-refractivity contribution in [3.05, 3.63) is 88.7 Å². The van der Waals surface area contributed by atoms with Gasteiger partial charge in [-0.05, 0) is 60.2 Å². The Labute approximate surface area is 168 Å². The molecule has 0 saturated carbocycles. The van der Waals surface area contributed by atoms with Crippen molar-refractivity contribution < 1.29 is 13.9 Å². The van der Waals surface area contributed by atoms with Crippen LogP contribution in [0.25, 0.3) is 0 Å². The van der Waals surface area contributed by atoms with Gasteiger partial charge in [0.05, 0.1) is 0 Å². The summed E-state index contributed by atoms with van der Waals surface area (Å²) in [6, 6.07) is 19.1. The molecule has 0 aliphatic heterocycles. The molecule has 28 heavy (non-hydrogen) atoms. The maximum atomic E-state index is 13.0. The van der Waals surface area contributed by atoms with E-state index >= 15 is 0 Å². The number of hydrogen-bond donors (Lipinski definition) is 2. The average Bonchev–Trinajstić information content (AvgIpc) is 2.67. The van der Waals surface area contributed by atoms with Gasteiger partial charge in [0.15, 0.2) is 0 Å². The summed E-state index contributed by atoms with van der Waals surface area (Å²) in [7, 11) is 0. The summed E-state index contributed by atoms with van der Waals surface area (Å²) in [5.74, 6) is 0.323. The van der Waals surface area contributed by atoms with E-state index in [1.54, 1.807) is 18.2 Å². The zero-order valence-corrected chi connectivity index (χ0v) is 16.1. The topological polar surface area (TPSA) is 50.4 Å². The second-order valence-electron chi connectivity index (χ2n) is 6.28. The molecule has 0 aliphatic carbocycles. The first-order valence-electron chi connectivity index (χ1n) is 8.77. The first-order chi connectivity index (χ1) is 13.5. The van der Waals surface area contributed by atoms with Gasteiger partial charge in [0.2, 0.25) is 5.91 Å². The largest absolute Gasteiger partial charge is 0.489 e. The van der Waals surface area contributed by atoms with Crippen molar-refractivity contribution in [1.29, 1.82) is 0 Å². The summed E-state index contributed by atoms with van der Waals surface area (Å²) in [5.41, 5.74) is 3.42. The minimum atomic E-state index is -0.273. The van der Waals surface area contributed by atoms with Gasteiger partial charge in [0, 0.05) is 35.4 Å². The molecule has 144 valence electrons. The molecule has 0 heterocycles. The predicted octanol–water partition coefficient (Wildman–Crippen LogP) is 5.63. The van der Waals surface area contributed by atoms with Crippen molar-refractivity contribution in [1.82, 2.24) is 0 Å². The van der Waals surface area contributed by atoms with E-state index in [9.17, 15) is 9.18 Å². The summed E-state index contributed by atoms with van der Waals surface area (Å²) in [5, 5.41) is 6.66. The van der Waals surface area contributed by atoms with Crippen LogP contribution in [0.4, 0.5) is 15.8 Å². The van der Waals surface area contributed by atoms with E-state index in [-0.39, 0.29) is 11.7 Å². The van der Waals surface area contributed by atoms with Gasteiger partial charge < -0.3 is 15.4 Å². The van der Waals surface area contributed by atoms with E-state index in [4.69, 9.17) is 16.3 Å². The zero-order valence-electron chi connectivity index (χ0n) is 15.3. The van der Waals surface area contributed by atoms with Gasteiger partial charge in [0.25, 0.3) is 0 Å². The summed E-state index contributed by atoms with van der Waals surface area (Å²) in [4.78, 5) is 11.1. The quantitative estimate of drug-likeness (QED) is 0.542. The van der Waals surface area contributed by atoms with E-state index in [0.29, 0.717) is 23.9 Å². The van der Waals surface area contributed by atoms with Gasteiger partial charge in [-0.1, -0.05) is 23.7 Å². The summed E-state index contributed by atoms with van der Waals surface area (Å²) >= 11 is 6.14. The molecule has 0 spiro atoms. The Kier molecular flexibility index (Phi) is 6.50. The molecule has 1 amide bonds. The van der Waals surface area contributed by atoms with Crippen molar-refractivity contribution in [3.8, 4) is 5.75 Å². The molecule has 0 aromatic heterocycles. The smallest absolute Gasteiger partial charge is 0.221 e. The molecule has 3 aromatic carbocycles. The van der Waals surface area contributed by atoms with Crippen molar-refractivity contribution in [2.75, 3.05) is 10.6 Å². The van der Waals surface area contributed by atoms with Crippen LogP contribution in [0.15, 0.2) is 66.7 Å². The molecule has 0 aliphatic rings. The number of ether oxygens (including phenoxy) is 1. The number of anilines is 2. The average molecular weight is 399 g/mol. The van der Waals surface area contributed by atoms with Crippen molar-refractivity contribution >= 4 is 28.9 Å². The van der Waals surface area contributed by atoms with Gasteiger partial charge >= 0.3 is 0 Å². The van der Waals surface area contributed by atoms with E-state index in [1.165, 1.54) is 19.1 Å². The molecule has 4 nitrogen and oxygen atoms in total. The predicted molar refractivity (Wildman–Crippen MR) is 110 cm³/mol. The lowest BCUT2D eigenvalue weighted by Crippen LogP contribution is -2.06. The van der Waals surface area contributed by atoms with Crippen LogP contribution in [0.3, 0.4) is 0 Å². The highest BCUT2D eigenvalue weighted by Gasteiger charge is 2.06. The Morgan fingerprint density at radius 3 is 2.36 bits per heavy atom. The van der Waals surface area contributed by atoms with E-state index in [2.05, 4.69) is 10.6 Å². The van der Waals surface area contributed by atoms with E-state index in [0.717, 1.165) is 22.5 Å². The molecule has 3 rings (SSSR count). The monoisotopic (exact) mass is 398 g/mol. The van der Waals surface area contributed by atoms with Crippen LogP contribution in [0.5, 0.6) is 5.75 Å². The molecular formula is C22H20ClFN2O2. The fourth-order valence-electron chi connectivity index (χ4n) is 2.64. The number of hydrogen-bond acceptors (Lipinski definition) is 3. The van der Waals surface area contributed by atoms with Gasteiger partial charge in [-0.3, -0.25) is 4.79 Å². The van der Waals surface area contributed by atoms with Crippen molar-refractivity contribution in [2.24, 2.45) is 0 Å². The highest BCUT2D eigenvalue weighted by atomic mass is 35.5.